The molecule has 1 atom stereocenters. The molecule has 1 N–H and O–H groups in total. The van der Waals surface area contributed by atoms with Gasteiger partial charge in [0.2, 0.25) is 0 Å². The van der Waals surface area contributed by atoms with Gasteiger partial charge in [0.05, 0.1) is 11.1 Å². The number of nitrogens with zero attached hydrogens (tertiary/aromatic N) is 1. The fourth-order valence-electron chi connectivity index (χ4n) is 2.42. The largest absolute Gasteiger partial charge is 0.364 e. The predicted molar refractivity (Wildman–Crippen MR) is 92.2 cm³/mol. The molecule has 0 aromatic heterocycles. The molecule has 114 valence electrons. The van der Waals surface area contributed by atoms with Gasteiger partial charge in [-0.05, 0) is 18.1 Å². The Bertz CT molecular complexity index is 668. The lowest BCUT2D eigenvalue weighted by atomic mass is 9.99. The van der Waals surface area contributed by atoms with Gasteiger partial charge in [-0.15, -0.1) is 0 Å². The van der Waals surface area contributed by atoms with E-state index in [1.165, 1.54) is 0 Å². The molecular formula is C17H16ClFN2S. The van der Waals surface area contributed by atoms with E-state index in [9.17, 15) is 4.39 Å². The van der Waals surface area contributed by atoms with Gasteiger partial charge in [-0.2, -0.15) is 0 Å². The second-order valence-corrected chi connectivity index (χ2v) is 6.55. The first-order valence-electron chi connectivity index (χ1n) is 7.16. The van der Waals surface area contributed by atoms with E-state index in [0.717, 1.165) is 23.0 Å². The summed E-state index contributed by atoms with van der Waals surface area (Å²) < 4.78 is 14.4. The van der Waals surface area contributed by atoms with Crippen molar-refractivity contribution < 1.29 is 4.39 Å². The fraction of sp³-hybridized carbons (Fsp3) is 0.235. The van der Waals surface area contributed by atoms with Crippen LogP contribution < -0.4 is 5.32 Å². The van der Waals surface area contributed by atoms with Gasteiger partial charge < -0.3 is 5.32 Å². The number of nitrogens with one attached hydrogen (secondary N) is 1. The highest BCUT2D eigenvalue weighted by Gasteiger charge is 2.19. The third-order valence-electron chi connectivity index (χ3n) is 3.50. The number of amidine groups is 1. The number of hydrogen-bond acceptors (Lipinski definition) is 2. The van der Waals surface area contributed by atoms with Crippen molar-refractivity contribution in [1.29, 1.82) is 0 Å². The summed E-state index contributed by atoms with van der Waals surface area (Å²) in [5.74, 6) is 0.618. The summed E-state index contributed by atoms with van der Waals surface area (Å²) in [5.41, 5.74) is 1.66. The van der Waals surface area contributed by atoms with Gasteiger partial charge in [-0.3, -0.25) is 4.99 Å². The van der Waals surface area contributed by atoms with E-state index in [-0.39, 0.29) is 16.9 Å². The first kappa shape index (κ1) is 15.4. The lowest BCUT2D eigenvalue weighted by Gasteiger charge is -2.16. The normalized spacial score (nSPS) is 17.5. The minimum atomic E-state index is -0.377. The van der Waals surface area contributed by atoms with E-state index in [1.54, 1.807) is 30.0 Å². The van der Waals surface area contributed by atoms with Crippen LogP contribution in [0.1, 0.15) is 17.2 Å². The first-order chi connectivity index (χ1) is 10.7. The molecule has 5 heteroatoms. The summed E-state index contributed by atoms with van der Waals surface area (Å²) in [4.78, 5) is 4.71. The molecule has 0 radical (unpaired) electrons. The average molecular weight is 335 g/mol. The van der Waals surface area contributed by atoms with E-state index < -0.39 is 0 Å². The SMILES string of the molecule is Fc1c(Cl)cccc1C(Cc1ccccc1)/N=C1/NCCS1. The maximum atomic E-state index is 14.4. The number of thioether (sulfide) groups is 1. The Morgan fingerprint density at radius 2 is 2.00 bits per heavy atom. The molecule has 0 amide bonds. The van der Waals surface area contributed by atoms with Crippen LogP contribution in [0.5, 0.6) is 0 Å². The van der Waals surface area contributed by atoms with Crippen LogP contribution in [0.25, 0.3) is 0 Å². The molecule has 0 spiro atoms. The summed E-state index contributed by atoms with van der Waals surface area (Å²) >= 11 is 7.60. The fourth-order valence-corrected chi connectivity index (χ4v) is 3.41. The van der Waals surface area contributed by atoms with Gasteiger partial charge >= 0.3 is 0 Å². The minimum Gasteiger partial charge on any atom is -0.364 e. The topological polar surface area (TPSA) is 24.4 Å². The van der Waals surface area contributed by atoms with Crippen LogP contribution in [0, 0.1) is 5.82 Å². The van der Waals surface area contributed by atoms with Crippen molar-refractivity contribution >= 4 is 28.5 Å². The second kappa shape index (κ2) is 7.16. The summed E-state index contributed by atoms with van der Waals surface area (Å²) in [5, 5.41) is 4.25. The Labute approximate surface area is 138 Å². The van der Waals surface area contributed by atoms with Gasteiger partial charge in [-0.25, -0.2) is 4.39 Å². The number of rotatable bonds is 4. The quantitative estimate of drug-likeness (QED) is 0.893. The highest BCUT2D eigenvalue weighted by molar-refractivity contribution is 8.14. The van der Waals surface area contributed by atoms with Crippen LogP contribution in [0.15, 0.2) is 53.5 Å². The lowest BCUT2D eigenvalue weighted by molar-refractivity contribution is 0.581. The molecule has 1 heterocycles. The zero-order valence-corrected chi connectivity index (χ0v) is 13.5. The Hall–Kier alpha value is -1.52. The number of halogens is 2. The first-order valence-corrected chi connectivity index (χ1v) is 8.52. The molecule has 0 aliphatic carbocycles. The standard InChI is InChI=1S/C17H16ClFN2S/c18-14-8-4-7-13(16(14)19)15(21-17-20-9-10-22-17)11-12-5-2-1-3-6-12/h1-8,15H,9-11H2,(H,20,21). The van der Waals surface area contributed by atoms with E-state index in [4.69, 9.17) is 16.6 Å². The molecule has 1 aliphatic heterocycles. The van der Waals surface area contributed by atoms with Crippen LogP contribution in [0.3, 0.4) is 0 Å². The molecule has 22 heavy (non-hydrogen) atoms. The van der Waals surface area contributed by atoms with Gasteiger partial charge in [0.25, 0.3) is 0 Å². The monoisotopic (exact) mass is 334 g/mol. The minimum absolute atomic E-state index is 0.141. The number of aliphatic imine (C=N–C) groups is 1. The summed E-state index contributed by atoms with van der Waals surface area (Å²) in [7, 11) is 0. The summed E-state index contributed by atoms with van der Waals surface area (Å²) in [6.45, 7) is 0.902. The van der Waals surface area contributed by atoms with Crippen LogP contribution in [-0.4, -0.2) is 17.5 Å². The zero-order chi connectivity index (χ0) is 15.4. The maximum Gasteiger partial charge on any atom is 0.157 e. The van der Waals surface area contributed by atoms with Crippen molar-refractivity contribution in [1.82, 2.24) is 5.32 Å². The molecule has 2 aromatic rings. The van der Waals surface area contributed by atoms with Gasteiger partial charge in [0.15, 0.2) is 5.17 Å². The highest BCUT2D eigenvalue weighted by atomic mass is 35.5. The van der Waals surface area contributed by atoms with Crippen LogP contribution in [0.4, 0.5) is 4.39 Å². The van der Waals surface area contributed by atoms with Crippen molar-refractivity contribution in [2.75, 3.05) is 12.3 Å². The smallest absolute Gasteiger partial charge is 0.157 e. The number of benzene rings is 2. The molecule has 1 aliphatic rings. The Morgan fingerprint density at radius 1 is 1.18 bits per heavy atom. The maximum absolute atomic E-state index is 14.4. The van der Waals surface area contributed by atoms with Gasteiger partial charge in [0, 0.05) is 17.9 Å². The summed E-state index contributed by atoms with van der Waals surface area (Å²) in [6.07, 6.45) is 0.643. The third-order valence-corrected chi connectivity index (χ3v) is 4.73. The second-order valence-electron chi connectivity index (χ2n) is 5.06. The molecule has 1 saturated heterocycles. The Kier molecular flexibility index (Phi) is 5.01. The van der Waals surface area contributed by atoms with Crippen molar-refractivity contribution in [3.63, 3.8) is 0 Å². The van der Waals surface area contributed by atoms with Crippen molar-refractivity contribution in [2.45, 2.75) is 12.5 Å². The van der Waals surface area contributed by atoms with E-state index in [1.807, 2.05) is 30.3 Å². The molecule has 0 saturated carbocycles. The molecule has 3 rings (SSSR count). The van der Waals surface area contributed by atoms with Crippen LogP contribution >= 0.6 is 23.4 Å². The van der Waals surface area contributed by atoms with Crippen molar-refractivity contribution in [3.8, 4) is 0 Å². The van der Waals surface area contributed by atoms with Gasteiger partial charge in [-0.1, -0.05) is 65.8 Å². The summed E-state index contributed by atoms with van der Waals surface area (Å²) in [6, 6.07) is 14.8. The lowest BCUT2D eigenvalue weighted by Crippen LogP contribution is -2.15. The van der Waals surface area contributed by atoms with E-state index >= 15 is 0 Å². The molecule has 2 nitrogen and oxygen atoms in total. The molecule has 1 fully saturated rings. The number of hydrogen-bond donors (Lipinski definition) is 1. The Morgan fingerprint density at radius 3 is 2.73 bits per heavy atom. The molecule has 2 aromatic carbocycles. The van der Waals surface area contributed by atoms with Crippen molar-refractivity contribution in [3.05, 3.63) is 70.5 Å². The van der Waals surface area contributed by atoms with Gasteiger partial charge in [0.1, 0.15) is 5.82 Å². The predicted octanol–water partition coefficient (Wildman–Crippen LogP) is 4.46. The molecule has 1 unspecified atom stereocenters. The average Bonchev–Trinajstić information content (AvgIpc) is 3.03. The molecular weight excluding hydrogens is 319 g/mol. The van der Waals surface area contributed by atoms with Crippen LogP contribution in [0.2, 0.25) is 5.02 Å². The van der Waals surface area contributed by atoms with E-state index in [0.29, 0.717) is 12.0 Å². The highest BCUT2D eigenvalue weighted by Crippen LogP contribution is 2.29. The van der Waals surface area contributed by atoms with Crippen molar-refractivity contribution in [2.24, 2.45) is 4.99 Å². The Balaban J connectivity index is 1.95. The van der Waals surface area contributed by atoms with Crippen LogP contribution in [-0.2, 0) is 6.42 Å². The zero-order valence-electron chi connectivity index (χ0n) is 11.9. The molecule has 0 bridgehead atoms. The third kappa shape index (κ3) is 3.62. The van der Waals surface area contributed by atoms with E-state index in [2.05, 4.69) is 5.32 Å².